The molecular formula is C15H26O2. The molecule has 98 valence electrons. The second-order valence-electron chi connectivity index (χ2n) is 6.16. The molecule has 17 heavy (non-hydrogen) atoms. The van der Waals surface area contributed by atoms with E-state index in [2.05, 4.69) is 0 Å². The van der Waals surface area contributed by atoms with E-state index in [4.69, 9.17) is 9.47 Å². The Bertz CT molecular complexity index is 231. The van der Waals surface area contributed by atoms with Gasteiger partial charge in [0.15, 0.2) is 6.29 Å². The minimum atomic E-state index is 0.115. The van der Waals surface area contributed by atoms with Crippen molar-refractivity contribution in [3.63, 3.8) is 0 Å². The molecule has 0 aromatic heterocycles. The van der Waals surface area contributed by atoms with Crippen molar-refractivity contribution in [1.82, 2.24) is 0 Å². The van der Waals surface area contributed by atoms with Crippen LogP contribution in [0.2, 0.25) is 0 Å². The summed E-state index contributed by atoms with van der Waals surface area (Å²) in [5.41, 5.74) is 0. The number of rotatable bonds is 7. The highest BCUT2D eigenvalue weighted by Crippen LogP contribution is 2.56. The first kappa shape index (κ1) is 12.0. The monoisotopic (exact) mass is 238 g/mol. The van der Waals surface area contributed by atoms with Crippen molar-refractivity contribution in [3.8, 4) is 0 Å². The molecular weight excluding hydrogens is 212 g/mol. The normalized spacial score (nSPS) is 37.1. The third-order valence-corrected chi connectivity index (χ3v) is 4.62. The van der Waals surface area contributed by atoms with Crippen LogP contribution in [0.1, 0.15) is 57.8 Å². The van der Waals surface area contributed by atoms with E-state index in [-0.39, 0.29) is 6.29 Å². The number of hydrogen-bond acceptors (Lipinski definition) is 2. The fourth-order valence-corrected chi connectivity index (χ4v) is 3.27. The van der Waals surface area contributed by atoms with Gasteiger partial charge in [0.25, 0.3) is 0 Å². The lowest BCUT2D eigenvalue weighted by Crippen LogP contribution is -2.22. The van der Waals surface area contributed by atoms with E-state index in [1.807, 2.05) is 0 Å². The van der Waals surface area contributed by atoms with E-state index in [0.717, 1.165) is 37.4 Å². The lowest BCUT2D eigenvalue weighted by Gasteiger charge is -2.22. The summed E-state index contributed by atoms with van der Waals surface area (Å²) in [6.45, 7) is 1.81. The third kappa shape index (κ3) is 3.69. The van der Waals surface area contributed by atoms with Gasteiger partial charge in [-0.2, -0.15) is 0 Å². The predicted molar refractivity (Wildman–Crippen MR) is 67.7 cm³/mol. The summed E-state index contributed by atoms with van der Waals surface area (Å²) in [4.78, 5) is 0. The maximum atomic E-state index is 5.75. The van der Waals surface area contributed by atoms with Crippen LogP contribution in [-0.2, 0) is 9.47 Å². The summed E-state index contributed by atoms with van der Waals surface area (Å²) in [5.74, 6) is 3.37. The fraction of sp³-hybridized carbons (Fsp3) is 1.00. The SMILES string of the molecule is C1CCC(OCCCCC2CC2C2CC2)OC1. The van der Waals surface area contributed by atoms with Gasteiger partial charge >= 0.3 is 0 Å². The molecule has 1 saturated heterocycles. The third-order valence-electron chi connectivity index (χ3n) is 4.62. The van der Waals surface area contributed by atoms with Crippen LogP contribution in [0.3, 0.4) is 0 Å². The quantitative estimate of drug-likeness (QED) is 0.629. The van der Waals surface area contributed by atoms with E-state index in [9.17, 15) is 0 Å². The van der Waals surface area contributed by atoms with Crippen LogP contribution in [0, 0.1) is 17.8 Å². The van der Waals surface area contributed by atoms with Crippen molar-refractivity contribution in [2.45, 2.75) is 64.1 Å². The van der Waals surface area contributed by atoms with Gasteiger partial charge in [0.1, 0.15) is 0 Å². The summed E-state index contributed by atoms with van der Waals surface area (Å²) in [6.07, 6.45) is 12.4. The first-order chi connectivity index (χ1) is 8.43. The van der Waals surface area contributed by atoms with E-state index in [0.29, 0.717) is 0 Å². The van der Waals surface area contributed by atoms with Crippen LogP contribution in [0.5, 0.6) is 0 Å². The predicted octanol–water partition coefficient (Wildman–Crippen LogP) is 3.75. The van der Waals surface area contributed by atoms with Crippen LogP contribution in [0.25, 0.3) is 0 Å². The molecule has 1 aliphatic heterocycles. The van der Waals surface area contributed by atoms with Crippen LogP contribution in [0.4, 0.5) is 0 Å². The molecule has 0 aromatic carbocycles. The molecule has 1 heterocycles. The van der Waals surface area contributed by atoms with Gasteiger partial charge in [0, 0.05) is 13.2 Å². The van der Waals surface area contributed by atoms with Gasteiger partial charge in [0.2, 0.25) is 0 Å². The van der Waals surface area contributed by atoms with Gasteiger partial charge in [-0.1, -0.05) is 12.8 Å². The Balaban J connectivity index is 1.17. The molecule has 0 N–H and O–H groups in total. The average molecular weight is 238 g/mol. The number of hydrogen-bond donors (Lipinski definition) is 0. The lowest BCUT2D eigenvalue weighted by atomic mass is 10.1. The molecule has 3 unspecified atom stereocenters. The average Bonchev–Trinajstić information content (AvgIpc) is 3.23. The van der Waals surface area contributed by atoms with Crippen molar-refractivity contribution in [3.05, 3.63) is 0 Å². The molecule has 3 rings (SSSR count). The molecule has 0 spiro atoms. The van der Waals surface area contributed by atoms with Crippen molar-refractivity contribution < 1.29 is 9.47 Å². The molecule has 3 fully saturated rings. The molecule has 0 radical (unpaired) electrons. The van der Waals surface area contributed by atoms with E-state index in [1.165, 1.54) is 51.4 Å². The van der Waals surface area contributed by atoms with Crippen LogP contribution in [-0.4, -0.2) is 19.5 Å². The summed E-state index contributed by atoms with van der Waals surface area (Å²) >= 11 is 0. The van der Waals surface area contributed by atoms with Crippen molar-refractivity contribution in [2.24, 2.45) is 17.8 Å². The zero-order valence-electron chi connectivity index (χ0n) is 10.9. The maximum Gasteiger partial charge on any atom is 0.157 e. The van der Waals surface area contributed by atoms with Gasteiger partial charge in [-0.3, -0.25) is 0 Å². The first-order valence-electron chi connectivity index (χ1n) is 7.66. The standard InChI is InChI=1S/C15H26O2/c1(5-13-11-14(13)12-7-8-12)3-9-16-15-6-2-4-10-17-15/h12-15H,1-11H2. The molecule has 3 atom stereocenters. The van der Waals surface area contributed by atoms with E-state index < -0.39 is 0 Å². The van der Waals surface area contributed by atoms with Gasteiger partial charge < -0.3 is 9.47 Å². The summed E-state index contributed by atoms with van der Waals surface area (Å²) in [6, 6.07) is 0. The topological polar surface area (TPSA) is 18.5 Å². The molecule has 0 bridgehead atoms. The molecule has 0 amide bonds. The Hall–Kier alpha value is -0.0800. The summed E-state index contributed by atoms with van der Waals surface area (Å²) in [7, 11) is 0. The largest absolute Gasteiger partial charge is 0.353 e. The molecule has 2 heteroatoms. The number of ether oxygens (including phenoxy) is 2. The Labute approximate surface area is 105 Å². The highest BCUT2D eigenvalue weighted by Gasteiger charge is 2.46. The number of unbranched alkanes of at least 4 members (excludes halogenated alkanes) is 1. The van der Waals surface area contributed by atoms with Crippen LogP contribution < -0.4 is 0 Å². The van der Waals surface area contributed by atoms with Crippen molar-refractivity contribution in [1.29, 1.82) is 0 Å². The highest BCUT2D eigenvalue weighted by molar-refractivity contribution is 4.96. The molecule has 3 aliphatic rings. The Morgan fingerprint density at radius 2 is 2.00 bits per heavy atom. The fourth-order valence-electron chi connectivity index (χ4n) is 3.27. The van der Waals surface area contributed by atoms with Gasteiger partial charge in [-0.05, 0) is 62.7 Å². The highest BCUT2D eigenvalue weighted by atomic mass is 16.7. The van der Waals surface area contributed by atoms with Gasteiger partial charge in [-0.15, -0.1) is 0 Å². The lowest BCUT2D eigenvalue weighted by molar-refractivity contribution is -0.162. The summed E-state index contributed by atoms with van der Waals surface area (Å²) < 4.78 is 11.3. The smallest absolute Gasteiger partial charge is 0.157 e. The molecule has 2 aliphatic carbocycles. The Morgan fingerprint density at radius 3 is 2.76 bits per heavy atom. The van der Waals surface area contributed by atoms with Gasteiger partial charge in [-0.25, -0.2) is 0 Å². The summed E-state index contributed by atoms with van der Waals surface area (Å²) in [5, 5.41) is 0. The van der Waals surface area contributed by atoms with Crippen LogP contribution in [0.15, 0.2) is 0 Å². The first-order valence-corrected chi connectivity index (χ1v) is 7.66. The maximum absolute atomic E-state index is 5.75. The van der Waals surface area contributed by atoms with Crippen LogP contribution >= 0.6 is 0 Å². The molecule has 2 saturated carbocycles. The zero-order valence-corrected chi connectivity index (χ0v) is 10.9. The second kappa shape index (κ2) is 5.71. The zero-order chi connectivity index (χ0) is 11.5. The van der Waals surface area contributed by atoms with E-state index >= 15 is 0 Å². The van der Waals surface area contributed by atoms with Crippen molar-refractivity contribution >= 4 is 0 Å². The Morgan fingerprint density at radius 1 is 1.06 bits per heavy atom. The molecule has 0 aromatic rings. The van der Waals surface area contributed by atoms with Crippen molar-refractivity contribution in [2.75, 3.05) is 13.2 Å². The van der Waals surface area contributed by atoms with E-state index in [1.54, 1.807) is 0 Å². The minimum absolute atomic E-state index is 0.115. The van der Waals surface area contributed by atoms with Gasteiger partial charge in [0.05, 0.1) is 0 Å². The minimum Gasteiger partial charge on any atom is -0.353 e. The molecule has 2 nitrogen and oxygen atoms in total. The second-order valence-corrected chi connectivity index (χ2v) is 6.16. The Kier molecular flexibility index (Phi) is 4.02.